The van der Waals surface area contributed by atoms with Crippen LogP contribution >= 0.6 is 0 Å². The van der Waals surface area contributed by atoms with Gasteiger partial charge in [0.15, 0.2) is 0 Å². The van der Waals surface area contributed by atoms with Gasteiger partial charge in [-0.05, 0) is 110 Å². The van der Waals surface area contributed by atoms with Crippen LogP contribution in [0.1, 0.15) is 25.0 Å². The topological polar surface area (TPSA) is 6.48 Å². The molecule has 2 nitrogen and oxygen atoms in total. The van der Waals surface area contributed by atoms with Crippen LogP contribution in [0.2, 0.25) is 0 Å². The summed E-state index contributed by atoms with van der Waals surface area (Å²) in [5.74, 6) is 0. The molecule has 0 saturated carbocycles. The zero-order chi connectivity index (χ0) is 40.9. The molecule has 2 heteroatoms. The lowest BCUT2D eigenvalue weighted by atomic mass is 9.81. The van der Waals surface area contributed by atoms with E-state index in [0.717, 1.165) is 22.7 Å². The fourth-order valence-electron chi connectivity index (χ4n) is 9.69. The lowest BCUT2D eigenvalue weighted by Gasteiger charge is -2.33. The molecule has 61 heavy (non-hydrogen) atoms. The first-order valence-corrected chi connectivity index (χ1v) is 21.2. The van der Waals surface area contributed by atoms with Crippen molar-refractivity contribution in [2.45, 2.75) is 19.3 Å². The maximum absolute atomic E-state index is 2.48. The average Bonchev–Trinajstić information content (AvgIpc) is 3.56. The molecule has 0 aliphatic heterocycles. The fourth-order valence-corrected chi connectivity index (χ4v) is 9.69. The first-order valence-electron chi connectivity index (χ1n) is 21.2. The molecular formula is C59H44N2. The zero-order valence-corrected chi connectivity index (χ0v) is 34.3. The highest BCUT2D eigenvalue weighted by molar-refractivity contribution is 6.02. The second-order valence-electron chi connectivity index (χ2n) is 16.5. The third-order valence-electron chi connectivity index (χ3n) is 12.6. The van der Waals surface area contributed by atoms with E-state index >= 15 is 0 Å². The molecule has 0 aromatic heterocycles. The third-order valence-corrected chi connectivity index (χ3v) is 12.6. The van der Waals surface area contributed by atoms with Crippen molar-refractivity contribution in [2.24, 2.45) is 0 Å². The summed E-state index contributed by atoms with van der Waals surface area (Å²) in [4.78, 5) is 4.86. The largest absolute Gasteiger partial charge is 0.310 e. The molecular weight excluding hydrogens is 737 g/mol. The van der Waals surface area contributed by atoms with Gasteiger partial charge in [-0.25, -0.2) is 0 Å². The molecule has 11 rings (SSSR count). The Balaban J connectivity index is 0.987. The van der Waals surface area contributed by atoms with Crippen molar-refractivity contribution in [3.8, 4) is 33.4 Å². The third kappa shape index (κ3) is 6.27. The molecule has 1 aliphatic rings. The van der Waals surface area contributed by atoms with Gasteiger partial charge in [-0.3, -0.25) is 0 Å². The summed E-state index contributed by atoms with van der Waals surface area (Å²) in [5.41, 5.74) is 16.8. The standard InChI is InChI=1S/C59H44N2/c1-59(2)54-25-11-10-23-52(54)53-24-14-28-57(58(53)59)61(56-27-13-20-46-18-7-9-22-51(46)56)49-39-33-44(34-40-49)43-31-37-48(38-32-43)60(55-26-12-19-45-17-6-8-21-50(45)55)47-35-29-42(30-36-47)41-15-4-3-5-16-41/h3-40H,1-2H3. The van der Waals surface area contributed by atoms with Gasteiger partial charge in [0, 0.05) is 33.2 Å². The SMILES string of the molecule is CC1(C)c2ccccc2-c2cccc(N(c3ccc(-c4ccc(N(c5ccc(-c6ccccc6)cc5)c5cccc6ccccc56)cc4)cc3)c3cccc4ccccc34)c21. The summed E-state index contributed by atoms with van der Waals surface area (Å²) in [6.45, 7) is 4.74. The predicted octanol–water partition coefficient (Wildman–Crippen LogP) is 16.6. The number of hydrogen-bond donors (Lipinski definition) is 0. The van der Waals surface area contributed by atoms with Gasteiger partial charge < -0.3 is 9.80 Å². The van der Waals surface area contributed by atoms with Gasteiger partial charge in [0.05, 0.1) is 17.1 Å². The Kier molecular flexibility index (Phi) is 8.86. The summed E-state index contributed by atoms with van der Waals surface area (Å²) in [7, 11) is 0. The number of nitrogens with zero attached hydrogens (tertiary/aromatic N) is 2. The van der Waals surface area contributed by atoms with Gasteiger partial charge in [0.25, 0.3) is 0 Å². The molecule has 0 bridgehead atoms. The molecule has 1 aliphatic carbocycles. The summed E-state index contributed by atoms with van der Waals surface area (Å²) in [6.07, 6.45) is 0. The number of rotatable bonds is 8. The Morgan fingerprint density at radius 3 is 1.26 bits per heavy atom. The molecule has 0 N–H and O–H groups in total. The summed E-state index contributed by atoms with van der Waals surface area (Å²) in [6, 6.07) is 84.0. The maximum Gasteiger partial charge on any atom is 0.0540 e. The van der Waals surface area contributed by atoms with Crippen LogP contribution < -0.4 is 9.80 Å². The molecule has 0 spiro atoms. The molecule has 0 fully saturated rings. The first-order chi connectivity index (χ1) is 30.0. The monoisotopic (exact) mass is 780 g/mol. The van der Waals surface area contributed by atoms with Crippen LogP contribution in [0.25, 0.3) is 54.9 Å². The molecule has 10 aromatic carbocycles. The minimum Gasteiger partial charge on any atom is -0.310 e. The minimum absolute atomic E-state index is 0.170. The normalized spacial score (nSPS) is 12.6. The Morgan fingerprint density at radius 2 is 0.689 bits per heavy atom. The summed E-state index contributed by atoms with van der Waals surface area (Å²) in [5, 5.41) is 4.88. The van der Waals surface area contributed by atoms with Crippen LogP contribution in [0.5, 0.6) is 0 Å². The molecule has 10 aromatic rings. The van der Waals surface area contributed by atoms with E-state index in [2.05, 4.69) is 254 Å². The maximum atomic E-state index is 2.48. The number of benzene rings is 10. The molecule has 290 valence electrons. The average molecular weight is 781 g/mol. The molecule has 0 radical (unpaired) electrons. The van der Waals surface area contributed by atoms with Crippen LogP contribution in [0.3, 0.4) is 0 Å². The van der Waals surface area contributed by atoms with E-state index in [1.807, 2.05) is 0 Å². The van der Waals surface area contributed by atoms with E-state index in [0.29, 0.717) is 0 Å². The van der Waals surface area contributed by atoms with Crippen molar-refractivity contribution < 1.29 is 0 Å². The van der Waals surface area contributed by atoms with Crippen LogP contribution in [0.4, 0.5) is 34.1 Å². The molecule has 0 amide bonds. The fraction of sp³-hybridized carbons (Fsp3) is 0.0508. The molecule has 0 unspecified atom stereocenters. The van der Waals surface area contributed by atoms with Crippen molar-refractivity contribution in [1.82, 2.24) is 0 Å². The lowest BCUT2D eigenvalue weighted by Crippen LogP contribution is -2.20. The van der Waals surface area contributed by atoms with Gasteiger partial charge in [-0.2, -0.15) is 0 Å². The first kappa shape index (κ1) is 36.4. The van der Waals surface area contributed by atoms with E-state index in [-0.39, 0.29) is 5.41 Å². The Morgan fingerprint density at radius 1 is 0.295 bits per heavy atom. The van der Waals surface area contributed by atoms with Crippen LogP contribution in [0, 0.1) is 0 Å². The van der Waals surface area contributed by atoms with E-state index < -0.39 is 0 Å². The van der Waals surface area contributed by atoms with Gasteiger partial charge >= 0.3 is 0 Å². The Bertz CT molecular complexity index is 3190. The minimum atomic E-state index is -0.170. The summed E-state index contributed by atoms with van der Waals surface area (Å²) >= 11 is 0. The van der Waals surface area contributed by atoms with Crippen molar-refractivity contribution in [2.75, 3.05) is 9.80 Å². The number of hydrogen-bond acceptors (Lipinski definition) is 2. The van der Waals surface area contributed by atoms with Crippen LogP contribution in [-0.4, -0.2) is 0 Å². The molecule has 0 saturated heterocycles. The smallest absolute Gasteiger partial charge is 0.0540 e. The molecule has 0 heterocycles. The highest BCUT2D eigenvalue weighted by atomic mass is 15.2. The second-order valence-corrected chi connectivity index (χ2v) is 16.5. The number of fused-ring (bicyclic) bond motifs is 5. The van der Waals surface area contributed by atoms with Gasteiger partial charge in [0.2, 0.25) is 0 Å². The van der Waals surface area contributed by atoms with Crippen molar-refractivity contribution in [3.63, 3.8) is 0 Å². The van der Waals surface area contributed by atoms with E-state index in [1.165, 1.54) is 77.4 Å². The number of anilines is 6. The highest BCUT2D eigenvalue weighted by Crippen LogP contribution is 2.54. The van der Waals surface area contributed by atoms with Gasteiger partial charge in [-0.1, -0.05) is 190 Å². The van der Waals surface area contributed by atoms with Crippen molar-refractivity contribution in [3.05, 3.63) is 242 Å². The van der Waals surface area contributed by atoms with Crippen LogP contribution in [0.15, 0.2) is 231 Å². The van der Waals surface area contributed by atoms with Gasteiger partial charge in [0.1, 0.15) is 0 Å². The highest BCUT2D eigenvalue weighted by Gasteiger charge is 2.38. The lowest BCUT2D eigenvalue weighted by molar-refractivity contribution is 0.661. The zero-order valence-electron chi connectivity index (χ0n) is 34.3. The Labute approximate surface area is 358 Å². The van der Waals surface area contributed by atoms with Crippen molar-refractivity contribution in [1.29, 1.82) is 0 Å². The van der Waals surface area contributed by atoms with Gasteiger partial charge in [-0.15, -0.1) is 0 Å². The quantitative estimate of drug-likeness (QED) is 0.152. The van der Waals surface area contributed by atoms with E-state index in [1.54, 1.807) is 0 Å². The summed E-state index contributed by atoms with van der Waals surface area (Å²) < 4.78 is 0. The molecule has 0 atom stereocenters. The Hall–Kier alpha value is -7.68. The van der Waals surface area contributed by atoms with E-state index in [4.69, 9.17) is 0 Å². The predicted molar refractivity (Wildman–Crippen MR) is 259 cm³/mol. The van der Waals surface area contributed by atoms with Crippen molar-refractivity contribution >= 4 is 55.7 Å². The van der Waals surface area contributed by atoms with Crippen LogP contribution in [-0.2, 0) is 5.41 Å². The second kappa shape index (κ2) is 14.9. The van der Waals surface area contributed by atoms with E-state index in [9.17, 15) is 0 Å².